The Labute approximate surface area is 132 Å². The number of hydrogen-bond donors (Lipinski definition) is 1. The van der Waals surface area contributed by atoms with Crippen molar-refractivity contribution in [2.45, 2.75) is 78.9 Å². The van der Waals surface area contributed by atoms with E-state index in [-0.39, 0.29) is 0 Å². The van der Waals surface area contributed by atoms with E-state index in [4.69, 9.17) is 9.47 Å². The molecule has 0 aromatic carbocycles. The fourth-order valence-corrected chi connectivity index (χ4v) is 3.20. The molecule has 0 aliphatic heterocycles. The minimum Gasteiger partial charge on any atom is -0.379 e. The largest absolute Gasteiger partial charge is 0.379 e. The summed E-state index contributed by atoms with van der Waals surface area (Å²) in [6.07, 6.45) is 6.41. The van der Waals surface area contributed by atoms with Crippen LogP contribution < -0.4 is 5.32 Å². The van der Waals surface area contributed by atoms with Crippen molar-refractivity contribution in [2.75, 3.05) is 26.4 Å². The maximum atomic E-state index is 6.17. The van der Waals surface area contributed by atoms with Gasteiger partial charge in [0, 0.05) is 12.6 Å². The van der Waals surface area contributed by atoms with Gasteiger partial charge in [-0.05, 0) is 43.6 Å². The molecular weight excluding hydrogens is 262 g/mol. The Bertz CT molecular complexity index is 262. The first kappa shape index (κ1) is 18.9. The summed E-state index contributed by atoms with van der Waals surface area (Å²) in [7, 11) is 0. The summed E-state index contributed by atoms with van der Waals surface area (Å²) in [6.45, 7) is 14.8. The van der Waals surface area contributed by atoms with Crippen molar-refractivity contribution in [2.24, 2.45) is 11.3 Å². The molecule has 0 saturated heterocycles. The van der Waals surface area contributed by atoms with Gasteiger partial charge in [0.05, 0.1) is 19.3 Å². The van der Waals surface area contributed by atoms with E-state index in [1.165, 1.54) is 25.7 Å². The van der Waals surface area contributed by atoms with Crippen molar-refractivity contribution in [1.29, 1.82) is 0 Å². The average Bonchev–Trinajstić information content (AvgIpc) is 2.43. The molecule has 0 heterocycles. The van der Waals surface area contributed by atoms with Crippen LogP contribution in [-0.4, -0.2) is 38.5 Å². The van der Waals surface area contributed by atoms with Crippen LogP contribution >= 0.6 is 0 Å². The molecule has 1 saturated carbocycles. The number of rotatable bonds is 9. The van der Waals surface area contributed by atoms with Crippen molar-refractivity contribution in [1.82, 2.24) is 5.32 Å². The maximum Gasteiger partial charge on any atom is 0.0732 e. The molecule has 0 aromatic heterocycles. The molecule has 0 amide bonds. The Hall–Kier alpha value is -0.120. The number of nitrogens with one attached hydrogen (secondary N) is 1. The van der Waals surface area contributed by atoms with Gasteiger partial charge < -0.3 is 14.8 Å². The Kier molecular flexibility index (Phi) is 8.84. The van der Waals surface area contributed by atoms with Crippen LogP contribution in [0.3, 0.4) is 0 Å². The van der Waals surface area contributed by atoms with Crippen LogP contribution in [0.15, 0.2) is 0 Å². The summed E-state index contributed by atoms with van der Waals surface area (Å²) in [5.74, 6) is 0.762. The zero-order chi connectivity index (χ0) is 15.7. The van der Waals surface area contributed by atoms with E-state index in [1.54, 1.807) is 0 Å². The third-order valence-electron chi connectivity index (χ3n) is 4.68. The summed E-state index contributed by atoms with van der Waals surface area (Å²) < 4.78 is 11.8. The van der Waals surface area contributed by atoms with Crippen molar-refractivity contribution in [3.63, 3.8) is 0 Å². The summed E-state index contributed by atoms with van der Waals surface area (Å²) in [6, 6.07) is 0.518. The third-order valence-corrected chi connectivity index (χ3v) is 4.68. The van der Waals surface area contributed by atoms with Crippen LogP contribution in [-0.2, 0) is 9.47 Å². The van der Waals surface area contributed by atoms with Crippen LogP contribution in [0.1, 0.15) is 66.7 Å². The smallest absolute Gasteiger partial charge is 0.0732 e. The molecule has 21 heavy (non-hydrogen) atoms. The van der Waals surface area contributed by atoms with E-state index in [9.17, 15) is 0 Å². The second kappa shape index (κ2) is 9.81. The maximum absolute atomic E-state index is 6.17. The zero-order valence-corrected chi connectivity index (χ0v) is 14.9. The molecule has 0 radical (unpaired) electrons. The minimum absolute atomic E-state index is 0.345. The van der Waals surface area contributed by atoms with Gasteiger partial charge >= 0.3 is 0 Å². The second-order valence-corrected chi connectivity index (χ2v) is 7.42. The van der Waals surface area contributed by atoms with Gasteiger partial charge in [0.15, 0.2) is 0 Å². The SMILES string of the molecule is CCCCOCCOC1CC(C(C)(C)C)CCC1NCC. The number of unbranched alkanes of at least 4 members (excludes halogenated alkanes) is 1. The number of likely N-dealkylation sites (N-methyl/N-ethyl adjacent to an activating group) is 1. The lowest BCUT2D eigenvalue weighted by molar-refractivity contribution is -0.0482. The Morgan fingerprint density at radius 1 is 1.05 bits per heavy atom. The summed E-state index contributed by atoms with van der Waals surface area (Å²) in [5, 5.41) is 3.60. The van der Waals surface area contributed by atoms with Gasteiger partial charge in [-0.2, -0.15) is 0 Å². The molecule has 1 aliphatic carbocycles. The highest BCUT2D eigenvalue weighted by molar-refractivity contribution is 4.89. The van der Waals surface area contributed by atoms with Crippen molar-refractivity contribution < 1.29 is 9.47 Å². The fraction of sp³-hybridized carbons (Fsp3) is 1.00. The summed E-state index contributed by atoms with van der Waals surface area (Å²) in [4.78, 5) is 0. The van der Waals surface area contributed by atoms with E-state index >= 15 is 0 Å². The normalized spacial score (nSPS) is 27.0. The van der Waals surface area contributed by atoms with Crippen molar-refractivity contribution >= 4 is 0 Å². The lowest BCUT2D eigenvalue weighted by atomic mass is 9.70. The van der Waals surface area contributed by atoms with E-state index < -0.39 is 0 Å². The Morgan fingerprint density at radius 2 is 1.81 bits per heavy atom. The zero-order valence-electron chi connectivity index (χ0n) is 14.9. The van der Waals surface area contributed by atoms with E-state index in [2.05, 4.69) is 39.9 Å². The molecule has 1 fully saturated rings. The number of hydrogen-bond acceptors (Lipinski definition) is 3. The Morgan fingerprint density at radius 3 is 2.43 bits per heavy atom. The van der Waals surface area contributed by atoms with E-state index in [0.717, 1.165) is 38.7 Å². The Balaban J connectivity index is 2.37. The molecule has 1 aliphatic rings. The fourth-order valence-electron chi connectivity index (χ4n) is 3.20. The third kappa shape index (κ3) is 7.12. The van der Waals surface area contributed by atoms with Crippen LogP contribution in [0.5, 0.6) is 0 Å². The first-order valence-electron chi connectivity index (χ1n) is 8.91. The lowest BCUT2D eigenvalue weighted by Gasteiger charge is -2.42. The van der Waals surface area contributed by atoms with Crippen molar-refractivity contribution in [3.05, 3.63) is 0 Å². The molecular formula is C18H37NO2. The molecule has 3 atom stereocenters. The quantitative estimate of drug-likeness (QED) is 0.652. The molecule has 1 N–H and O–H groups in total. The second-order valence-electron chi connectivity index (χ2n) is 7.42. The first-order chi connectivity index (χ1) is 9.99. The summed E-state index contributed by atoms with van der Waals surface area (Å²) >= 11 is 0. The van der Waals surface area contributed by atoms with E-state index in [1.807, 2.05) is 0 Å². The van der Waals surface area contributed by atoms with Gasteiger partial charge in [-0.3, -0.25) is 0 Å². The standard InChI is InChI=1S/C18H37NO2/c1-6-8-11-20-12-13-21-17-14-15(18(3,4)5)9-10-16(17)19-7-2/h15-17,19H,6-14H2,1-5H3. The van der Waals surface area contributed by atoms with Crippen LogP contribution in [0, 0.1) is 11.3 Å². The molecule has 1 rings (SSSR count). The number of ether oxygens (including phenoxy) is 2. The monoisotopic (exact) mass is 299 g/mol. The van der Waals surface area contributed by atoms with Gasteiger partial charge in [0.25, 0.3) is 0 Å². The van der Waals surface area contributed by atoms with Gasteiger partial charge in [0.1, 0.15) is 0 Å². The first-order valence-corrected chi connectivity index (χ1v) is 8.91. The molecule has 126 valence electrons. The predicted molar refractivity (Wildman–Crippen MR) is 89.7 cm³/mol. The van der Waals surface area contributed by atoms with Crippen LogP contribution in [0.25, 0.3) is 0 Å². The van der Waals surface area contributed by atoms with Crippen LogP contribution in [0.4, 0.5) is 0 Å². The molecule has 3 nitrogen and oxygen atoms in total. The highest BCUT2D eigenvalue weighted by Crippen LogP contribution is 2.38. The summed E-state index contributed by atoms with van der Waals surface area (Å²) in [5.41, 5.74) is 0.385. The molecule has 3 unspecified atom stereocenters. The molecule has 0 aromatic rings. The molecule has 0 spiro atoms. The van der Waals surface area contributed by atoms with Gasteiger partial charge in [0.2, 0.25) is 0 Å². The highest BCUT2D eigenvalue weighted by Gasteiger charge is 2.35. The minimum atomic E-state index is 0.345. The lowest BCUT2D eigenvalue weighted by Crippen LogP contribution is -2.47. The van der Waals surface area contributed by atoms with Crippen LogP contribution in [0.2, 0.25) is 0 Å². The van der Waals surface area contributed by atoms with Gasteiger partial charge in [-0.1, -0.05) is 41.0 Å². The van der Waals surface area contributed by atoms with Crippen molar-refractivity contribution in [3.8, 4) is 0 Å². The molecule has 0 bridgehead atoms. The molecule has 3 heteroatoms. The predicted octanol–water partition coefficient (Wildman–Crippen LogP) is 4.01. The topological polar surface area (TPSA) is 30.5 Å². The highest BCUT2D eigenvalue weighted by atomic mass is 16.5. The van der Waals surface area contributed by atoms with Gasteiger partial charge in [-0.15, -0.1) is 0 Å². The van der Waals surface area contributed by atoms with Gasteiger partial charge in [-0.25, -0.2) is 0 Å². The average molecular weight is 299 g/mol. The van der Waals surface area contributed by atoms with E-state index in [0.29, 0.717) is 17.6 Å².